The van der Waals surface area contributed by atoms with Crippen molar-refractivity contribution >= 4 is 23.3 Å². The minimum atomic E-state index is -2.33. The lowest BCUT2D eigenvalue weighted by Gasteiger charge is -2.46. The number of nitrogens with one attached hydrogen (secondary N) is 1. The monoisotopic (exact) mass is 830 g/mol. The molecule has 1 saturated heterocycles. The number of hydrogen-bond donors (Lipinski definition) is 6. The van der Waals surface area contributed by atoms with E-state index in [0.29, 0.717) is 24.8 Å². The van der Waals surface area contributed by atoms with Gasteiger partial charge < -0.3 is 45.1 Å². The Morgan fingerprint density at radius 3 is 2.40 bits per heavy atom. The molecule has 60 heavy (non-hydrogen) atoms. The predicted molar refractivity (Wildman–Crippen MR) is 211 cm³/mol. The number of aliphatic hydroxyl groups is 3. The lowest BCUT2D eigenvalue weighted by Crippen LogP contribution is -2.56. The van der Waals surface area contributed by atoms with Crippen molar-refractivity contribution in [2.75, 3.05) is 27.3 Å². The minimum Gasteiger partial charge on any atom is -0.507 e. The smallest absolute Gasteiger partial charge is 0.220 e. The van der Waals surface area contributed by atoms with Crippen LogP contribution in [0.5, 0.6) is 17.2 Å². The van der Waals surface area contributed by atoms with Gasteiger partial charge in [0.1, 0.15) is 41.4 Å². The fourth-order valence-electron chi connectivity index (χ4n) is 10.9. The van der Waals surface area contributed by atoms with Gasteiger partial charge in [0.05, 0.1) is 42.0 Å². The largest absolute Gasteiger partial charge is 0.507 e. The predicted octanol–water partition coefficient (Wildman–Crippen LogP) is 3.73. The van der Waals surface area contributed by atoms with Gasteiger partial charge >= 0.3 is 0 Å². The van der Waals surface area contributed by atoms with Crippen LogP contribution in [-0.4, -0.2) is 111 Å². The standard InChI is InChI=1S/C45H51FN2O12/c1-22-39(52)29(47-33(51)8-5-15-48(2)45(18-23-9-10-25(45)16-23)24-11-13-26(46)14-12-24)17-34(59-22)60-31-20-44(57,32(50)21-49)19-28-36(31)43(56)38-37(41(28)54)40(53)27-6-4-7-30(58-3)35(27)42(38)55/h4,6-7,11-14,22-23,25,29,31,34,39,49,52,54,56-57H,5,8-10,15-21H2,1-3H3,(H,47,51)/t22-,23?,25?,29-,31-,34-,39-,44-,45?/m1/s1. The molecule has 1 amide bonds. The molecule has 0 spiro atoms. The van der Waals surface area contributed by atoms with Crippen molar-refractivity contribution in [2.45, 2.75) is 106 Å². The number of rotatable bonds is 12. The highest BCUT2D eigenvalue weighted by molar-refractivity contribution is 6.31. The van der Waals surface area contributed by atoms with Gasteiger partial charge in [0, 0.05) is 47.9 Å². The second kappa shape index (κ2) is 15.9. The number of ketones is 3. The molecule has 1 heterocycles. The van der Waals surface area contributed by atoms with Gasteiger partial charge in [-0.2, -0.15) is 0 Å². The normalized spacial score (nSPS) is 30.5. The molecule has 1 aliphatic heterocycles. The van der Waals surface area contributed by atoms with Crippen LogP contribution in [0.2, 0.25) is 0 Å². The maximum absolute atomic E-state index is 14.0. The average molecular weight is 831 g/mol. The second-order valence-electron chi connectivity index (χ2n) is 17.2. The van der Waals surface area contributed by atoms with Crippen molar-refractivity contribution in [2.24, 2.45) is 11.8 Å². The first-order valence-electron chi connectivity index (χ1n) is 20.6. The summed E-state index contributed by atoms with van der Waals surface area (Å²) in [5, 5.41) is 59.0. The highest BCUT2D eigenvalue weighted by atomic mass is 19.1. The minimum absolute atomic E-state index is 0.0709. The molecule has 2 bridgehead atoms. The van der Waals surface area contributed by atoms with Crippen LogP contribution in [-0.2, 0) is 31.0 Å². The SMILES string of the molecule is COc1cccc2c1C(=O)c1c(O)c3c(c(O)c1C2=O)C[C@](O)(C(=O)CO)C[C@H]3O[C@@H]1C[C@@H](NC(=O)CCCN(C)C2(c3ccc(F)cc3)CC3CCC2C3)[C@H](O)[C@@H](C)O1. The van der Waals surface area contributed by atoms with E-state index in [1.165, 1.54) is 43.9 Å². The fourth-order valence-corrected chi connectivity index (χ4v) is 10.9. The van der Waals surface area contributed by atoms with Crippen LogP contribution >= 0.6 is 0 Å². The first-order chi connectivity index (χ1) is 28.6. The molecule has 320 valence electrons. The molecule has 6 N–H and O–H groups in total. The molecule has 3 aromatic carbocycles. The fraction of sp³-hybridized carbons (Fsp3) is 0.511. The van der Waals surface area contributed by atoms with Gasteiger partial charge in [-0.25, -0.2) is 4.39 Å². The van der Waals surface area contributed by atoms with Crippen molar-refractivity contribution in [3.63, 3.8) is 0 Å². The molecule has 14 nitrogen and oxygen atoms in total. The maximum Gasteiger partial charge on any atom is 0.220 e. The third kappa shape index (κ3) is 6.88. The number of nitrogens with zero attached hydrogens (tertiary/aromatic N) is 1. The summed E-state index contributed by atoms with van der Waals surface area (Å²) in [4.78, 5) is 56.6. The zero-order valence-corrected chi connectivity index (χ0v) is 33.8. The number of amides is 1. The number of carbonyl (C=O) groups is 4. The number of Topliss-reactive ketones (excluding diaryl/α,β-unsaturated/α-hetero) is 1. The third-order valence-corrected chi connectivity index (χ3v) is 13.8. The number of phenols is 2. The van der Waals surface area contributed by atoms with Gasteiger partial charge in [-0.3, -0.25) is 24.1 Å². The van der Waals surface area contributed by atoms with Crippen molar-refractivity contribution in [1.29, 1.82) is 0 Å². The Balaban J connectivity index is 1.01. The number of methoxy groups -OCH3 is 1. The molecule has 5 aliphatic rings. The summed E-state index contributed by atoms with van der Waals surface area (Å²) in [6, 6.07) is 10.2. The third-order valence-electron chi connectivity index (χ3n) is 13.8. The van der Waals surface area contributed by atoms with E-state index in [2.05, 4.69) is 17.3 Å². The molecule has 8 rings (SSSR count). The lowest BCUT2D eigenvalue weighted by molar-refractivity contribution is -0.249. The molecule has 9 atom stereocenters. The molecule has 0 radical (unpaired) electrons. The van der Waals surface area contributed by atoms with Gasteiger partial charge in [-0.15, -0.1) is 0 Å². The number of fused-ring (bicyclic) bond motifs is 5. The number of carbonyl (C=O) groups excluding carboxylic acids is 4. The number of aromatic hydroxyl groups is 2. The lowest BCUT2D eigenvalue weighted by atomic mass is 9.72. The Labute approximate surface area is 346 Å². The van der Waals surface area contributed by atoms with E-state index in [0.717, 1.165) is 24.8 Å². The van der Waals surface area contributed by atoms with Crippen LogP contribution in [0.25, 0.3) is 0 Å². The maximum atomic E-state index is 14.0. The number of benzene rings is 3. The quantitative estimate of drug-likeness (QED) is 0.113. The van der Waals surface area contributed by atoms with Crippen LogP contribution in [0.1, 0.15) is 113 Å². The van der Waals surface area contributed by atoms with E-state index in [9.17, 15) is 49.1 Å². The Hall–Kier alpha value is -4.77. The summed E-state index contributed by atoms with van der Waals surface area (Å²) in [6.07, 6.45) is -0.929. The van der Waals surface area contributed by atoms with E-state index in [1.54, 1.807) is 6.92 Å². The van der Waals surface area contributed by atoms with Crippen molar-refractivity contribution in [1.82, 2.24) is 10.2 Å². The first kappa shape index (κ1) is 41.9. The van der Waals surface area contributed by atoms with Gasteiger partial charge in [0.25, 0.3) is 0 Å². The van der Waals surface area contributed by atoms with Gasteiger partial charge in [-0.05, 0) is 81.8 Å². The summed E-state index contributed by atoms with van der Waals surface area (Å²) >= 11 is 0. The van der Waals surface area contributed by atoms with Crippen molar-refractivity contribution in [3.8, 4) is 17.2 Å². The number of hydrogen-bond acceptors (Lipinski definition) is 13. The number of ether oxygens (including phenoxy) is 3. The molecule has 0 aromatic heterocycles. The number of phenolic OH excluding ortho intramolecular Hbond substituents is 2. The van der Waals surface area contributed by atoms with E-state index in [-0.39, 0.29) is 58.1 Å². The van der Waals surface area contributed by atoms with E-state index in [1.807, 2.05) is 12.1 Å². The Morgan fingerprint density at radius 1 is 1.00 bits per heavy atom. The Morgan fingerprint density at radius 2 is 1.73 bits per heavy atom. The molecule has 3 aromatic rings. The summed E-state index contributed by atoms with van der Waals surface area (Å²) in [5.41, 5.74) is -3.10. The molecular formula is C45H51FN2O12. The highest BCUT2D eigenvalue weighted by Crippen LogP contribution is 2.58. The molecule has 3 unspecified atom stereocenters. The van der Waals surface area contributed by atoms with Gasteiger partial charge in [-0.1, -0.05) is 30.7 Å². The molecule has 2 saturated carbocycles. The molecule has 4 aliphatic carbocycles. The topological polar surface area (TPSA) is 212 Å². The molecule has 3 fully saturated rings. The van der Waals surface area contributed by atoms with Crippen molar-refractivity contribution < 1.29 is 63.3 Å². The Kier molecular flexibility index (Phi) is 11.1. The van der Waals surface area contributed by atoms with E-state index >= 15 is 0 Å². The van der Waals surface area contributed by atoms with Gasteiger partial charge in [0.15, 0.2) is 17.9 Å². The zero-order valence-electron chi connectivity index (χ0n) is 33.8. The second-order valence-corrected chi connectivity index (χ2v) is 17.2. The summed E-state index contributed by atoms with van der Waals surface area (Å²) in [7, 11) is 3.38. The van der Waals surface area contributed by atoms with E-state index in [4.69, 9.17) is 14.2 Å². The molecular weight excluding hydrogens is 779 g/mol. The molecule has 15 heteroatoms. The average Bonchev–Trinajstić information content (AvgIpc) is 3.85. The van der Waals surface area contributed by atoms with Crippen LogP contribution < -0.4 is 10.1 Å². The number of aliphatic hydroxyl groups excluding tert-OH is 2. The first-order valence-corrected chi connectivity index (χ1v) is 20.6. The highest BCUT2D eigenvalue weighted by Gasteiger charge is 2.54. The van der Waals surface area contributed by atoms with E-state index < -0.39 is 95.7 Å². The van der Waals surface area contributed by atoms with Crippen LogP contribution in [0.15, 0.2) is 42.5 Å². The summed E-state index contributed by atoms with van der Waals surface area (Å²) in [6.45, 7) is 1.12. The van der Waals surface area contributed by atoms with Crippen molar-refractivity contribution in [3.05, 3.63) is 87.2 Å². The van der Waals surface area contributed by atoms with Crippen LogP contribution in [0.3, 0.4) is 0 Å². The van der Waals surface area contributed by atoms with Crippen LogP contribution in [0.4, 0.5) is 4.39 Å². The summed E-state index contributed by atoms with van der Waals surface area (Å²) in [5.74, 6) is -3.54. The zero-order chi connectivity index (χ0) is 42.8. The Bertz CT molecular complexity index is 2230. The number of halogens is 1. The summed E-state index contributed by atoms with van der Waals surface area (Å²) < 4.78 is 31.6. The van der Waals surface area contributed by atoms with Crippen LogP contribution in [0, 0.1) is 17.7 Å². The van der Waals surface area contributed by atoms with Gasteiger partial charge in [0.2, 0.25) is 11.7 Å².